The highest BCUT2D eigenvalue weighted by Crippen LogP contribution is 2.25. The Balaban J connectivity index is 2.35. The molecule has 2 aromatic carbocycles. The summed E-state index contributed by atoms with van der Waals surface area (Å²) < 4.78 is 31.8. The highest BCUT2D eigenvalue weighted by molar-refractivity contribution is 5.78. The smallest absolute Gasteiger partial charge is 0.131 e. The number of hydrogen-bond acceptors (Lipinski definition) is 1. The molecule has 0 saturated heterocycles. The van der Waals surface area contributed by atoms with Crippen LogP contribution in [-0.4, -0.2) is 7.11 Å². The normalized spacial score (nSPS) is 11.4. The third-order valence-electron chi connectivity index (χ3n) is 2.54. The fourth-order valence-corrected chi connectivity index (χ4v) is 1.61. The third kappa shape index (κ3) is 2.74. The van der Waals surface area contributed by atoms with Gasteiger partial charge in [0.25, 0.3) is 0 Å². The molecule has 92 valence electrons. The van der Waals surface area contributed by atoms with E-state index in [0.717, 1.165) is 0 Å². The first kappa shape index (κ1) is 12.3. The zero-order valence-corrected chi connectivity index (χ0v) is 9.86. The van der Waals surface area contributed by atoms with Gasteiger partial charge in [-0.15, -0.1) is 0 Å². The fourth-order valence-electron chi connectivity index (χ4n) is 1.61. The van der Waals surface area contributed by atoms with Gasteiger partial charge in [0.2, 0.25) is 0 Å². The molecule has 0 heterocycles. The largest absolute Gasteiger partial charge is 0.496 e. The van der Waals surface area contributed by atoms with Crippen LogP contribution < -0.4 is 4.74 Å². The zero-order chi connectivity index (χ0) is 13.0. The number of rotatable bonds is 3. The molecule has 3 heteroatoms. The summed E-state index contributed by atoms with van der Waals surface area (Å²) in [6, 6.07) is 12.4. The van der Waals surface area contributed by atoms with Crippen LogP contribution in [0.1, 0.15) is 11.1 Å². The molecule has 0 saturated carbocycles. The Kier molecular flexibility index (Phi) is 3.72. The molecule has 0 unspecified atom stereocenters. The van der Waals surface area contributed by atoms with Crippen molar-refractivity contribution in [3.8, 4) is 5.75 Å². The van der Waals surface area contributed by atoms with Crippen LogP contribution in [0.2, 0.25) is 0 Å². The van der Waals surface area contributed by atoms with Crippen LogP contribution in [0.4, 0.5) is 8.78 Å². The van der Waals surface area contributed by atoms with Crippen molar-refractivity contribution in [3.63, 3.8) is 0 Å². The highest BCUT2D eigenvalue weighted by atomic mass is 19.1. The lowest BCUT2D eigenvalue weighted by Crippen LogP contribution is -1.86. The lowest BCUT2D eigenvalue weighted by atomic mass is 10.1. The fraction of sp³-hybridized carbons (Fsp3) is 0.0667. The van der Waals surface area contributed by atoms with Gasteiger partial charge in [0.05, 0.1) is 7.11 Å². The van der Waals surface area contributed by atoms with Crippen LogP contribution in [0.15, 0.2) is 48.5 Å². The first-order valence-electron chi connectivity index (χ1n) is 5.47. The second kappa shape index (κ2) is 5.45. The van der Waals surface area contributed by atoms with Crippen LogP contribution >= 0.6 is 0 Å². The molecule has 1 nitrogen and oxygen atoms in total. The Labute approximate surface area is 104 Å². The van der Waals surface area contributed by atoms with Gasteiger partial charge in [0.1, 0.15) is 17.4 Å². The number of benzene rings is 2. The van der Waals surface area contributed by atoms with E-state index in [9.17, 15) is 8.78 Å². The van der Waals surface area contributed by atoms with E-state index in [1.807, 2.05) is 6.07 Å². The molecule has 0 aromatic heterocycles. The van der Waals surface area contributed by atoms with Gasteiger partial charge in [0, 0.05) is 11.1 Å². The Hall–Kier alpha value is -2.16. The number of halogens is 2. The van der Waals surface area contributed by atoms with Gasteiger partial charge in [-0.1, -0.05) is 18.2 Å². The summed E-state index contributed by atoms with van der Waals surface area (Å²) >= 11 is 0. The Morgan fingerprint density at radius 2 is 1.72 bits per heavy atom. The van der Waals surface area contributed by atoms with Crippen molar-refractivity contribution in [2.24, 2.45) is 0 Å². The summed E-state index contributed by atoms with van der Waals surface area (Å²) in [6.07, 6.45) is 1.37. The SMILES string of the molecule is COc1ccccc1/C=C(/F)c1ccc(F)cc1. The monoisotopic (exact) mass is 246 g/mol. The van der Waals surface area contributed by atoms with Crippen molar-refractivity contribution < 1.29 is 13.5 Å². The van der Waals surface area contributed by atoms with Crippen molar-refractivity contribution in [1.29, 1.82) is 0 Å². The van der Waals surface area contributed by atoms with Crippen LogP contribution in [0.25, 0.3) is 11.9 Å². The van der Waals surface area contributed by atoms with Crippen LogP contribution in [0.3, 0.4) is 0 Å². The van der Waals surface area contributed by atoms with Crippen molar-refractivity contribution >= 4 is 11.9 Å². The molecular weight excluding hydrogens is 234 g/mol. The molecule has 0 N–H and O–H groups in total. The summed E-state index contributed by atoms with van der Waals surface area (Å²) in [5.41, 5.74) is 0.976. The van der Waals surface area contributed by atoms with Crippen molar-refractivity contribution in [3.05, 3.63) is 65.5 Å². The minimum absolute atomic E-state index is 0.335. The summed E-state index contributed by atoms with van der Waals surface area (Å²) in [6.45, 7) is 0. The minimum Gasteiger partial charge on any atom is -0.496 e. The van der Waals surface area contributed by atoms with E-state index in [4.69, 9.17) is 4.74 Å². The van der Waals surface area contributed by atoms with Gasteiger partial charge in [-0.25, -0.2) is 8.78 Å². The maximum atomic E-state index is 14.0. The quantitative estimate of drug-likeness (QED) is 0.733. The lowest BCUT2D eigenvalue weighted by molar-refractivity contribution is 0.414. The molecular formula is C15H12F2O. The van der Waals surface area contributed by atoms with Gasteiger partial charge in [-0.05, 0) is 36.4 Å². The summed E-state index contributed by atoms with van der Waals surface area (Å²) in [5.74, 6) is -0.224. The van der Waals surface area contributed by atoms with E-state index in [1.165, 1.54) is 37.5 Å². The summed E-state index contributed by atoms with van der Waals surface area (Å²) in [5, 5.41) is 0. The maximum Gasteiger partial charge on any atom is 0.131 e. The van der Waals surface area contributed by atoms with Gasteiger partial charge in [-0.3, -0.25) is 0 Å². The zero-order valence-electron chi connectivity index (χ0n) is 9.86. The topological polar surface area (TPSA) is 9.23 Å². The standard InChI is InChI=1S/C15H12F2O/c1-18-15-5-3-2-4-12(15)10-14(17)11-6-8-13(16)9-7-11/h2-10H,1H3/b14-10+. The number of methoxy groups -OCH3 is 1. The molecule has 0 aliphatic carbocycles. The second-order valence-electron chi connectivity index (χ2n) is 3.74. The number of hydrogen-bond donors (Lipinski definition) is 0. The average molecular weight is 246 g/mol. The average Bonchev–Trinajstić information content (AvgIpc) is 2.40. The van der Waals surface area contributed by atoms with Gasteiger partial charge in [0.15, 0.2) is 0 Å². The Morgan fingerprint density at radius 1 is 1.06 bits per heavy atom. The van der Waals surface area contributed by atoms with E-state index in [0.29, 0.717) is 16.9 Å². The molecule has 0 aliphatic heterocycles. The predicted octanol–water partition coefficient (Wildman–Crippen LogP) is 4.30. The van der Waals surface area contributed by atoms with Crippen molar-refractivity contribution in [2.75, 3.05) is 7.11 Å². The number of para-hydroxylation sites is 1. The van der Waals surface area contributed by atoms with Crippen LogP contribution in [0, 0.1) is 5.82 Å². The van der Waals surface area contributed by atoms with Gasteiger partial charge < -0.3 is 4.74 Å². The molecule has 18 heavy (non-hydrogen) atoms. The predicted molar refractivity (Wildman–Crippen MR) is 68.4 cm³/mol. The molecule has 2 aromatic rings. The summed E-state index contributed by atoms with van der Waals surface area (Å²) in [4.78, 5) is 0. The van der Waals surface area contributed by atoms with Crippen LogP contribution in [0.5, 0.6) is 5.75 Å². The second-order valence-corrected chi connectivity index (χ2v) is 3.74. The molecule has 0 aliphatic rings. The van der Waals surface area contributed by atoms with E-state index >= 15 is 0 Å². The van der Waals surface area contributed by atoms with E-state index in [2.05, 4.69) is 0 Å². The maximum absolute atomic E-state index is 14.0. The van der Waals surface area contributed by atoms with Crippen molar-refractivity contribution in [2.45, 2.75) is 0 Å². The van der Waals surface area contributed by atoms with E-state index < -0.39 is 5.83 Å². The van der Waals surface area contributed by atoms with Crippen molar-refractivity contribution in [1.82, 2.24) is 0 Å². The molecule has 0 radical (unpaired) electrons. The first-order valence-corrected chi connectivity index (χ1v) is 5.47. The highest BCUT2D eigenvalue weighted by Gasteiger charge is 2.04. The molecule has 0 amide bonds. The Bertz CT molecular complexity index is 559. The molecule has 0 atom stereocenters. The molecule has 0 bridgehead atoms. The molecule has 2 rings (SSSR count). The van der Waals surface area contributed by atoms with E-state index in [-0.39, 0.29) is 5.82 Å². The summed E-state index contributed by atoms with van der Waals surface area (Å²) in [7, 11) is 1.53. The lowest BCUT2D eigenvalue weighted by Gasteiger charge is -2.04. The van der Waals surface area contributed by atoms with Gasteiger partial charge >= 0.3 is 0 Å². The van der Waals surface area contributed by atoms with E-state index in [1.54, 1.807) is 18.2 Å². The Morgan fingerprint density at radius 3 is 2.39 bits per heavy atom. The molecule has 0 fully saturated rings. The minimum atomic E-state index is -0.431. The number of ether oxygens (including phenoxy) is 1. The molecule has 0 spiro atoms. The first-order chi connectivity index (χ1) is 8.70. The third-order valence-corrected chi connectivity index (χ3v) is 2.54. The van der Waals surface area contributed by atoms with Gasteiger partial charge in [-0.2, -0.15) is 0 Å². The van der Waals surface area contributed by atoms with Crippen LogP contribution in [-0.2, 0) is 0 Å².